The van der Waals surface area contributed by atoms with Gasteiger partial charge in [-0.1, -0.05) is 0 Å². The Hall–Kier alpha value is -2.75. The van der Waals surface area contributed by atoms with Crippen LogP contribution in [-0.2, 0) is 6.54 Å². The SMILES string of the molecule is Oc1ccc(NCc2ccc(-c3ccc(F)cc3)o2)cc1. The van der Waals surface area contributed by atoms with Gasteiger partial charge in [-0.3, -0.25) is 0 Å². The molecule has 1 heterocycles. The zero-order valence-electron chi connectivity index (χ0n) is 11.2. The van der Waals surface area contributed by atoms with Crippen molar-refractivity contribution in [2.45, 2.75) is 6.54 Å². The van der Waals surface area contributed by atoms with Crippen molar-refractivity contribution in [1.82, 2.24) is 0 Å². The van der Waals surface area contributed by atoms with E-state index in [-0.39, 0.29) is 11.6 Å². The summed E-state index contributed by atoms with van der Waals surface area (Å²) in [6.45, 7) is 0.534. The highest BCUT2D eigenvalue weighted by Gasteiger charge is 2.05. The molecule has 0 radical (unpaired) electrons. The molecule has 2 aromatic carbocycles. The van der Waals surface area contributed by atoms with Gasteiger partial charge < -0.3 is 14.8 Å². The molecule has 3 aromatic rings. The largest absolute Gasteiger partial charge is 0.508 e. The molecule has 4 heteroatoms. The standard InChI is InChI=1S/C17H14FNO2/c18-13-3-1-12(2-4-13)17-10-9-16(21-17)11-19-14-5-7-15(20)8-6-14/h1-10,19-20H,11H2. The van der Waals surface area contributed by atoms with Gasteiger partial charge in [0.2, 0.25) is 0 Å². The Balaban J connectivity index is 1.67. The van der Waals surface area contributed by atoms with Crippen molar-refractivity contribution in [2.75, 3.05) is 5.32 Å². The molecule has 2 N–H and O–H groups in total. The Morgan fingerprint density at radius 1 is 0.905 bits per heavy atom. The van der Waals surface area contributed by atoms with Crippen LogP contribution < -0.4 is 5.32 Å². The van der Waals surface area contributed by atoms with Crippen LogP contribution in [0.25, 0.3) is 11.3 Å². The Labute approximate surface area is 121 Å². The zero-order chi connectivity index (χ0) is 14.7. The van der Waals surface area contributed by atoms with Crippen LogP contribution in [0.3, 0.4) is 0 Å². The molecular weight excluding hydrogens is 269 g/mol. The van der Waals surface area contributed by atoms with Crippen molar-refractivity contribution in [1.29, 1.82) is 0 Å². The Morgan fingerprint density at radius 2 is 1.62 bits per heavy atom. The molecule has 0 saturated carbocycles. The van der Waals surface area contributed by atoms with E-state index < -0.39 is 0 Å². The average molecular weight is 283 g/mol. The number of nitrogens with one attached hydrogen (secondary N) is 1. The van der Waals surface area contributed by atoms with E-state index in [1.54, 1.807) is 36.4 Å². The number of furan rings is 1. The van der Waals surface area contributed by atoms with Gasteiger partial charge in [-0.2, -0.15) is 0 Å². The van der Waals surface area contributed by atoms with Crippen molar-refractivity contribution in [3.8, 4) is 17.1 Å². The van der Waals surface area contributed by atoms with Gasteiger partial charge >= 0.3 is 0 Å². The lowest BCUT2D eigenvalue weighted by Crippen LogP contribution is -1.97. The highest BCUT2D eigenvalue weighted by molar-refractivity contribution is 5.57. The fourth-order valence-electron chi connectivity index (χ4n) is 2.01. The molecule has 0 amide bonds. The van der Waals surface area contributed by atoms with E-state index >= 15 is 0 Å². The molecule has 3 nitrogen and oxygen atoms in total. The summed E-state index contributed by atoms with van der Waals surface area (Å²) < 4.78 is 18.6. The number of phenolic OH excluding ortho intramolecular Hbond substituents is 1. The number of phenols is 1. The summed E-state index contributed by atoms with van der Waals surface area (Å²) in [6.07, 6.45) is 0. The second kappa shape index (κ2) is 5.71. The second-order valence-corrected chi connectivity index (χ2v) is 4.67. The van der Waals surface area contributed by atoms with Crippen LogP contribution in [0.4, 0.5) is 10.1 Å². The van der Waals surface area contributed by atoms with Gasteiger partial charge in [-0.05, 0) is 60.7 Å². The highest BCUT2D eigenvalue weighted by Crippen LogP contribution is 2.23. The molecule has 0 saturated heterocycles. The van der Waals surface area contributed by atoms with Gasteiger partial charge in [0.25, 0.3) is 0 Å². The summed E-state index contributed by atoms with van der Waals surface area (Å²) in [6, 6.07) is 16.8. The Morgan fingerprint density at radius 3 is 2.33 bits per heavy atom. The zero-order valence-corrected chi connectivity index (χ0v) is 11.2. The van der Waals surface area contributed by atoms with Crippen molar-refractivity contribution < 1.29 is 13.9 Å². The lowest BCUT2D eigenvalue weighted by molar-refractivity contribution is 0.475. The van der Waals surface area contributed by atoms with Gasteiger partial charge in [0.05, 0.1) is 6.54 Å². The molecule has 0 aliphatic heterocycles. The number of rotatable bonds is 4. The maximum absolute atomic E-state index is 12.9. The third-order valence-electron chi connectivity index (χ3n) is 3.12. The number of hydrogen-bond donors (Lipinski definition) is 2. The number of anilines is 1. The molecule has 3 rings (SSSR count). The number of benzene rings is 2. The number of hydrogen-bond acceptors (Lipinski definition) is 3. The minimum atomic E-state index is -0.264. The van der Waals surface area contributed by atoms with Crippen molar-refractivity contribution in [2.24, 2.45) is 0 Å². The summed E-state index contributed by atoms with van der Waals surface area (Å²) in [5.41, 5.74) is 1.74. The second-order valence-electron chi connectivity index (χ2n) is 4.67. The van der Waals surface area contributed by atoms with Crippen LogP contribution in [0.1, 0.15) is 5.76 Å². The van der Waals surface area contributed by atoms with Crippen LogP contribution in [0, 0.1) is 5.82 Å². The maximum Gasteiger partial charge on any atom is 0.134 e. The first-order valence-corrected chi connectivity index (χ1v) is 6.58. The summed E-state index contributed by atoms with van der Waals surface area (Å²) in [5, 5.41) is 12.4. The van der Waals surface area contributed by atoms with E-state index in [4.69, 9.17) is 4.42 Å². The Bertz CT molecular complexity index is 717. The molecule has 0 fully saturated rings. The van der Waals surface area contributed by atoms with Crippen molar-refractivity contribution in [3.05, 3.63) is 72.2 Å². The first-order valence-electron chi connectivity index (χ1n) is 6.58. The van der Waals surface area contributed by atoms with E-state index in [0.29, 0.717) is 12.3 Å². The fraction of sp³-hybridized carbons (Fsp3) is 0.0588. The fourth-order valence-corrected chi connectivity index (χ4v) is 2.01. The molecule has 106 valence electrons. The number of halogens is 1. The van der Waals surface area contributed by atoms with Gasteiger partial charge in [0.1, 0.15) is 23.1 Å². The van der Waals surface area contributed by atoms with E-state index in [9.17, 15) is 9.50 Å². The quantitative estimate of drug-likeness (QED) is 0.697. The number of aromatic hydroxyl groups is 1. The van der Waals surface area contributed by atoms with E-state index in [1.165, 1.54) is 12.1 Å². The van der Waals surface area contributed by atoms with Gasteiger partial charge in [0, 0.05) is 11.3 Å². The molecule has 0 aliphatic rings. The molecule has 0 aliphatic carbocycles. The summed E-state index contributed by atoms with van der Waals surface area (Å²) in [5.74, 6) is 1.46. The normalized spacial score (nSPS) is 10.5. The average Bonchev–Trinajstić information content (AvgIpc) is 2.96. The first-order chi connectivity index (χ1) is 10.2. The minimum Gasteiger partial charge on any atom is -0.508 e. The van der Waals surface area contributed by atoms with Gasteiger partial charge in [0.15, 0.2) is 0 Å². The van der Waals surface area contributed by atoms with Crippen LogP contribution in [0.15, 0.2) is 65.1 Å². The molecule has 0 unspecified atom stereocenters. The summed E-state index contributed by atoms with van der Waals surface area (Å²) in [4.78, 5) is 0. The van der Waals surface area contributed by atoms with Gasteiger partial charge in [-0.25, -0.2) is 4.39 Å². The van der Waals surface area contributed by atoms with Crippen molar-refractivity contribution in [3.63, 3.8) is 0 Å². The summed E-state index contributed by atoms with van der Waals surface area (Å²) in [7, 11) is 0. The lowest BCUT2D eigenvalue weighted by Gasteiger charge is -2.04. The molecular formula is C17H14FNO2. The van der Waals surface area contributed by atoms with Crippen LogP contribution >= 0.6 is 0 Å². The highest BCUT2D eigenvalue weighted by atomic mass is 19.1. The topological polar surface area (TPSA) is 45.4 Å². The monoisotopic (exact) mass is 283 g/mol. The third-order valence-corrected chi connectivity index (χ3v) is 3.12. The van der Waals surface area contributed by atoms with E-state index in [0.717, 1.165) is 17.0 Å². The molecule has 0 spiro atoms. The first kappa shape index (κ1) is 13.2. The molecule has 21 heavy (non-hydrogen) atoms. The predicted molar refractivity (Wildman–Crippen MR) is 79.5 cm³/mol. The van der Waals surface area contributed by atoms with Gasteiger partial charge in [-0.15, -0.1) is 0 Å². The molecule has 0 bridgehead atoms. The third kappa shape index (κ3) is 3.23. The van der Waals surface area contributed by atoms with Crippen LogP contribution in [0.5, 0.6) is 5.75 Å². The van der Waals surface area contributed by atoms with E-state index in [2.05, 4.69) is 5.32 Å². The summed E-state index contributed by atoms with van der Waals surface area (Å²) >= 11 is 0. The molecule has 0 atom stereocenters. The van der Waals surface area contributed by atoms with Crippen LogP contribution in [0.2, 0.25) is 0 Å². The van der Waals surface area contributed by atoms with E-state index in [1.807, 2.05) is 12.1 Å². The van der Waals surface area contributed by atoms with Crippen molar-refractivity contribution >= 4 is 5.69 Å². The molecule has 1 aromatic heterocycles. The Kier molecular flexibility index (Phi) is 3.60. The smallest absolute Gasteiger partial charge is 0.134 e. The maximum atomic E-state index is 12.9. The van der Waals surface area contributed by atoms with Crippen LogP contribution in [-0.4, -0.2) is 5.11 Å². The lowest BCUT2D eigenvalue weighted by atomic mass is 10.2. The predicted octanol–water partition coefficient (Wildman–Crippen LogP) is 4.40. The minimum absolute atomic E-state index is 0.233.